The number of anilines is 1. The molecule has 0 aliphatic carbocycles. The number of carbonyl (C=O) groups excluding carboxylic acids is 1. The fourth-order valence-corrected chi connectivity index (χ4v) is 3.80. The molecule has 2 aromatic carbocycles. The predicted molar refractivity (Wildman–Crippen MR) is 124 cm³/mol. The summed E-state index contributed by atoms with van der Waals surface area (Å²) in [6.07, 6.45) is 1.45. The van der Waals surface area contributed by atoms with Crippen LogP contribution in [0.5, 0.6) is 0 Å². The number of hydrogen-bond donors (Lipinski definition) is 2. The standard InChI is InChI=1S/C24H31F2N5O/c1-4-27-24(28-13-11-17-7-5-8-18(15-17)23(32)30(2)3)29-19-12-14-31(16-19)22-20(25)9-6-10-21(22)26/h5-10,15,19H,4,11-14,16H2,1-3H3,(H2,27,28,29). The molecule has 0 spiro atoms. The highest BCUT2D eigenvalue weighted by Crippen LogP contribution is 2.26. The van der Waals surface area contributed by atoms with Crippen molar-refractivity contribution in [2.45, 2.75) is 25.8 Å². The zero-order valence-electron chi connectivity index (χ0n) is 18.9. The molecule has 0 aromatic heterocycles. The van der Waals surface area contributed by atoms with E-state index in [2.05, 4.69) is 15.6 Å². The Morgan fingerprint density at radius 2 is 1.91 bits per heavy atom. The summed E-state index contributed by atoms with van der Waals surface area (Å²) in [6.45, 7) is 4.31. The Hall–Kier alpha value is -3.16. The molecule has 0 radical (unpaired) electrons. The number of carbonyl (C=O) groups is 1. The molecule has 0 saturated carbocycles. The third-order valence-corrected chi connectivity index (χ3v) is 5.38. The Kier molecular flexibility index (Phi) is 8.03. The molecule has 2 N–H and O–H groups in total. The topological polar surface area (TPSA) is 60.0 Å². The van der Waals surface area contributed by atoms with Gasteiger partial charge in [-0.1, -0.05) is 18.2 Å². The van der Waals surface area contributed by atoms with Crippen LogP contribution in [0.25, 0.3) is 0 Å². The number of hydrogen-bond acceptors (Lipinski definition) is 3. The van der Waals surface area contributed by atoms with Crippen molar-refractivity contribution in [1.29, 1.82) is 0 Å². The van der Waals surface area contributed by atoms with Crippen LogP contribution in [-0.4, -0.2) is 63.1 Å². The van der Waals surface area contributed by atoms with Gasteiger partial charge in [0.15, 0.2) is 5.96 Å². The summed E-state index contributed by atoms with van der Waals surface area (Å²) in [5, 5.41) is 6.61. The van der Waals surface area contributed by atoms with Gasteiger partial charge in [0.1, 0.15) is 17.3 Å². The van der Waals surface area contributed by atoms with Crippen molar-refractivity contribution in [3.8, 4) is 0 Å². The van der Waals surface area contributed by atoms with Crippen LogP contribution in [0.15, 0.2) is 47.5 Å². The van der Waals surface area contributed by atoms with E-state index in [-0.39, 0.29) is 17.6 Å². The second-order valence-corrected chi connectivity index (χ2v) is 8.06. The van der Waals surface area contributed by atoms with Crippen LogP contribution in [0, 0.1) is 11.6 Å². The van der Waals surface area contributed by atoms with Gasteiger partial charge in [-0.05, 0) is 49.6 Å². The van der Waals surface area contributed by atoms with E-state index in [1.54, 1.807) is 23.9 Å². The first-order valence-electron chi connectivity index (χ1n) is 10.9. The lowest BCUT2D eigenvalue weighted by atomic mass is 10.1. The maximum absolute atomic E-state index is 14.1. The predicted octanol–water partition coefficient (Wildman–Crippen LogP) is 3.04. The molecule has 1 fully saturated rings. The van der Waals surface area contributed by atoms with Crippen molar-refractivity contribution < 1.29 is 13.6 Å². The normalized spacial score (nSPS) is 16.2. The van der Waals surface area contributed by atoms with Crippen LogP contribution in [-0.2, 0) is 6.42 Å². The van der Waals surface area contributed by atoms with E-state index in [1.807, 2.05) is 31.2 Å². The fourth-order valence-electron chi connectivity index (χ4n) is 3.80. The van der Waals surface area contributed by atoms with Gasteiger partial charge in [0.05, 0.1) is 0 Å². The first-order valence-corrected chi connectivity index (χ1v) is 10.9. The Bertz CT molecular complexity index is 943. The van der Waals surface area contributed by atoms with E-state index in [1.165, 1.54) is 18.2 Å². The van der Waals surface area contributed by atoms with Crippen molar-refractivity contribution in [3.05, 3.63) is 65.2 Å². The van der Waals surface area contributed by atoms with E-state index in [9.17, 15) is 13.6 Å². The molecule has 2 aromatic rings. The van der Waals surface area contributed by atoms with E-state index in [0.29, 0.717) is 44.1 Å². The number of nitrogens with one attached hydrogen (secondary N) is 2. The Morgan fingerprint density at radius 1 is 1.19 bits per heavy atom. The average Bonchev–Trinajstić information content (AvgIpc) is 3.21. The highest BCUT2D eigenvalue weighted by atomic mass is 19.1. The number of para-hydroxylation sites is 1. The smallest absolute Gasteiger partial charge is 0.253 e. The summed E-state index contributed by atoms with van der Waals surface area (Å²) in [5.74, 6) is -0.432. The van der Waals surface area contributed by atoms with Crippen LogP contribution < -0.4 is 15.5 Å². The van der Waals surface area contributed by atoms with Gasteiger partial charge in [-0.25, -0.2) is 8.78 Å². The minimum atomic E-state index is -0.541. The van der Waals surface area contributed by atoms with Gasteiger partial charge in [-0.2, -0.15) is 0 Å². The molecule has 1 atom stereocenters. The lowest BCUT2D eigenvalue weighted by Crippen LogP contribution is -2.44. The molecular weight excluding hydrogens is 412 g/mol. The Balaban J connectivity index is 1.59. The summed E-state index contributed by atoms with van der Waals surface area (Å²) in [5.41, 5.74) is 1.73. The number of amides is 1. The van der Waals surface area contributed by atoms with E-state index >= 15 is 0 Å². The molecule has 1 aliphatic heterocycles. The number of benzene rings is 2. The lowest BCUT2D eigenvalue weighted by molar-refractivity contribution is 0.0827. The first-order chi connectivity index (χ1) is 15.4. The summed E-state index contributed by atoms with van der Waals surface area (Å²) in [7, 11) is 3.47. The minimum absolute atomic E-state index is 0.0255. The van der Waals surface area contributed by atoms with Crippen LogP contribution >= 0.6 is 0 Å². The fraction of sp³-hybridized carbons (Fsp3) is 0.417. The van der Waals surface area contributed by atoms with E-state index in [4.69, 9.17) is 0 Å². The minimum Gasteiger partial charge on any atom is -0.365 e. The summed E-state index contributed by atoms with van der Waals surface area (Å²) in [6, 6.07) is 11.6. The second kappa shape index (κ2) is 10.9. The molecule has 1 heterocycles. The SMILES string of the molecule is CCNC(=NCCc1cccc(C(=O)N(C)C)c1)NC1CCN(c2c(F)cccc2F)C1. The van der Waals surface area contributed by atoms with Crippen molar-refractivity contribution in [2.75, 3.05) is 45.2 Å². The highest BCUT2D eigenvalue weighted by Gasteiger charge is 2.27. The molecule has 172 valence electrons. The molecular formula is C24H31F2N5O. The molecule has 0 bridgehead atoms. The quantitative estimate of drug-likeness (QED) is 0.510. The Morgan fingerprint density at radius 3 is 2.59 bits per heavy atom. The largest absolute Gasteiger partial charge is 0.365 e. The van der Waals surface area contributed by atoms with Gasteiger partial charge in [0, 0.05) is 51.9 Å². The molecule has 6 nitrogen and oxygen atoms in total. The number of rotatable bonds is 7. The van der Waals surface area contributed by atoms with Gasteiger partial charge in [0.25, 0.3) is 5.91 Å². The van der Waals surface area contributed by atoms with Gasteiger partial charge in [0.2, 0.25) is 0 Å². The van der Waals surface area contributed by atoms with Crippen LogP contribution in [0.3, 0.4) is 0 Å². The molecule has 8 heteroatoms. The zero-order valence-corrected chi connectivity index (χ0v) is 18.9. The highest BCUT2D eigenvalue weighted by molar-refractivity contribution is 5.94. The monoisotopic (exact) mass is 443 g/mol. The zero-order chi connectivity index (χ0) is 23.1. The van der Waals surface area contributed by atoms with Crippen LogP contribution in [0.1, 0.15) is 29.3 Å². The van der Waals surface area contributed by atoms with Crippen LogP contribution in [0.4, 0.5) is 14.5 Å². The average molecular weight is 444 g/mol. The van der Waals surface area contributed by atoms with Gasteiger partial charge < -0.3 is 20.4 Å². The van der Waals surface area contributed by atoms with Crippen molar-refractivity contribution in [3.63, 3.8) is 0 Å². The molecule has 3 rings (SSSR count). The maximum Gasteiger partial charge on any atom is 0.253 e. The maximum atomic E-state index is 14.1. The molecule has 32 heavy (non-hydrogen) atoms. The van der Waals surface area contributed by atoms with Gasteiger partial charge in [-0.15, -0.1) is 0 Å². The molecule has 1 amide bonds. The van der Waals surface area contributed by atoms with Gasteiger partial charge >= 0.3 is 0 Å². The molecule has 1 saturated heterocycles. The van der Waals surface area contributed by atoms with E-state index in [0.717, 1.165) is 12.0 Å². The van der Waals surface area contributed by atoms with Crippen molar-refractivity contribution in [1.82, 2.24) is 15.5 Å². The number of nitrogens with zero attached hydrogens (tertiary/aromatic N) is 3. The second-order valence-electron chi connectivity index (χ2n) is 8.06. The van der Waals surface area contributed by atoms with Crippen molar-refractivity contribution >= 4 is 17.6 Å². The Labute approximate surface area is 188 Å². The summed E-state index contributed by atoms with van der Waals surface area (Å²) >= 11 is 0. The number of aliphatic imine (C=N–C) groups is 1. The third kappa shape index (κ3) is 5.96. The van der Waals surface area contributed by atoms with E-state index < -0.39 is 11.6 Å². The molecule has 1 unspecified atom stereocenters. The number of halogens is 2. The van der Waals surface area contributed by atoms with Crippen LogP contribution in [0.2, 0.25) is 0 Å². The summed E-state index contributed by atoms with van der Waals surface area (Å²) < 4.78 is 28.2. The lowest BCUT2D eigenvalue weighted by Gasteiger charge is -2.21. The summed E-state index contributed by atoms with van der Waals surface area (Å²) in [4.78, 5) is 20.1. The third-order valence-electron chi connectivity index (χ3n) is 5.38. The number of guanidine groups is 1. The van der Waals surface area contributed by atoms with Crippen molar-refractivity contribution in [2.24, 2.45) is 4.99 Å². The molecule has 1 aliphatic rings. The first kappa shape index (κ1) is 23.5. The van der Waals surface area contributed by atoms with Gasteiger partial charge in [-0.3, -0.25) is 9.79 Å².